The highest BCUT2D eigenvalue weighted by atomic mass is 35.5. The largest absolute Gasteiger partial charge is 0.381 e. The standard InChI is InChI=1S/C15H14ClF2N3O2/c16-10-6-11(17)9(5-12(10)18)15(22)19-14-7-13(20-21-14)8-1-3-23-4-2-8/h5-8H,1-4H2,(H2,19,20,21,22). The lowest BCUT2D eigenvalue weighted by Gasteiger charge is -2.20. The van der Waals surface area contributed by atoms with Crippen LogP contribution in [0.2, 0.25) is 5.02 Å². The first kappa shape index (κ1) is 15.9. The zero-order valence-electron chi connectivity index (χ0n) is 12.0. The van der Waals surface area contributed by atoms with Crippen molar-refractivity contribution in [3.63, 3.8) is 0 Å². The van der Waals surface area contributed by atoms with Gasteiger partial charge in [0.25, 0.3) is 5.91 Å². The van der Waals surface area contributed by atoms with Crippen molar-refractivity contribution in [1.82, 2.24) is 10.2 Å². The number of aromatic nitrogens is 2. The summed E-state index contributed by atoms with van der Waals surface area (Å²) in [4.78, 5) is 12.0. The van der Waals surface area contributed by atoms with Gasteiger partial charge in [-0.3, -0.25) is 9.89 Å². The summed E-state index contributed by atoms with van der Waals surface area (Å²) in [7, 11) is 0. The van der Waals surface area contributed by atoms with E-state index < -0.39 is 23.1 Å². The van der Waals surface area contributed by atoms with Crippen LogP contribution in [0.1, 0.15) is 34.8 Å². The molecule has 2 aromatic rings. The maximum atomic E-state index is 13.7. The van der Waals surface area contributed by atoms with Gasteiger partial charge >= 0.3 is 0 Å². The van der Waals surface area contributed by atoms with Gasteiger partial charge in [0.15, 0.2) is 5.82 Å². The Morgan fingerprint density at radius 3 is 2.74 bits per heavy atom. The molecule has 0 atom stereocenters. The summed E-state index contributed by atoms with van der Waals surface area (Å²) >= 11 is 5.47. The lowest BCUT2D eigenvalue weighted by Crippen LogP contribution is -2.15. The van der Waals surface area contributed by atoms with Crippen LogP contribution < -0.4 is 5.32 Å². The summed E-state index contributed by atoms with van der Waals surface area (Å²) in [5, 5.41) is 8.91. The molecule has 2 heterocycles. The summed E-state index contributed by atoms with van der Waals surface area (Å²) in [6.07, 6.45) is 1.74. The zero-order chi connectivity index (χ0) is 16.4. The van der Waals surface area contributed by atoms with E-state index in [1.165, 1.54) is 0 Å². The summed E-state index contributed by atoms with van der Waals surface area (Å²) in [6.45, 7) is 1.36. The van der Waals surface area contributed by atoms with Crippen LogP contribution in [0.3, 0.4) is 0 Å². The van der Waals surface area contributed by atoms with E-state index in [-0.39, 0.29) is 16.8 Å². The minimum absolute atomic E-state index is 0.256. The first-order chi connectivity index (χ1) is 11.0. The van der Waals surface area contributed by atoms with Crippen LogP contribution in [0.25, 0.3) is 0 Å². The third-order valence-electron chi connectivity index (χ3n) is 3.75. The second kappa shape index (κ2) is 6.64. The van der Waals surface area contributed by atoms with E-state index >= 15 is 0 Å². The van der Waals surface area contributed by atoms with Crippen LogP contribution in [0.4, 0.5) is 14.6 Å². The number of hydrogen-bond acceptors (Lipinski definition) is 3. The molecule has 0 saturated carbocycles. The molecule has 1 saturated heterocycles. The second-order valence-corrected chi connectivity index (χ2v) is 5.70. The van der Waals surface area contributed by atoms with Gasteiger partial charge in [0, 0.05) is 30.9 Å². The average Bonchev–Trinajstić information content (AvgIpc) is 3.00. The number of carbonyl (C=O) groups excluding carboxylic acids is 1. The van der Waals surface area contributed by atoms with Crippen molar-refractivity contribution in [3.05, 3.63) is 46.1 Å². The molecule has 0 aliphatic carbocycles. The maximum absolute atomic E-state index is 13.7. The van der Waals surface area contributed by atoms with E-state index in [0.717, 1.165) is 30.7 Å². The van der Waals surface area contributed by atoms with Gasteiger partial charge in [-0.25, -0.2) is 8.78 Å². The summed E-state index contributed by atoms with van der Waals surface area (Å²) < 4.78 is 32.4. The molecule has 23 heavy (non-hydrogen) atoms. The Hall–Kier alpha value is -1.99. The van der Waals surface area contributed by atoms with Crippen molar-refractivity contribution < 1.29 is 18.3 Å². The Morgan fingerprint density at radius 1 is 1.26 bits per heavy atom. The summed E-state index contributed by atoms with van der Waals surface area (Å²) in [5.74, 6) is -2.00. The van der Waals surface area contributed by atoms with Crippen molar-refractivity contribution in [2.45, 2.75) is 18.8 Å². The third-order valence-corrected chi connectivity index (χ3v) is 4.04. The average molecular weight is 342 g/mol. The first-order valence-corrected chi connectivity index (χ1v) is 7.51. The molecule has 122 valence electrons. The summed E-state index contributed by atoms with van der Waals surface area (Å²) in [5.41, 5.74) is 0.453. The van der Waals surface area contributed by atoms with Gasteiger partial charge in [0.05, 0.1) is 10.6 Å². The molecule has 1 aliphatic rings. The molecule has 1 aromatic heterocycles. The van der Waals surface area contributed by atoms with Crippen molar-refractivity contribution in [3.8, 4) is 0 Å². The van der Waals surface area contributed by atoms with Crippen LogP contribution in [0.5, 0.6) is 0 Å². The fourth-order valence-corrected chi connectivity index (χ4v) is 2.65. The van der Waals surface area contributed by atoms with E-state index in [1.807, 2.05) is 0 Å². The number of carbonyl (C=O) groups is 1. The molecule has 5 nitrogen and oxygen atoms in total. The number of halogens is 3. The number of amides is 1. The van der Waals surface area contributed by atoms with E-state index in [9.17, 15) is 13.6 Å². The second-order valence-electron chi connectivity index (χ2n) is 5.30. The van der Waals surface area contributed by atoms with Crippen molar-refractivity contribution in [2.75, 3.05) is 18.5 Å². The number of nitrogens with zero attached hydrogens (tertiary/aromatic N) is 1. The van der Waals surface area contributed by atoms with Gasteiger partial charge in [-0.15, -0.1) is 0 Å². The highest BCUT2D eigenvalue weighted by molar-refractivity contribution is 6.30. The van der Waals surface area contributed by atoms with Gasteiger partial charge in [-0.05, 0) is 25.0 Å². The molecule has 0 spiro atoms. The molecule has 0 bridgehead atoms. The highest BCUT2D eigenvalue weighted by Crippen LogP contribution is 2.27. The number of ether oxygens (including phenoxy) is 1. The number of rotatable bonds is 3. The molecule has 1 aromatic carbocycles. The van der Waals surface area contributed by atoms with Crippen LogP contribution in [0.15, 0.2) is 18.2 Å². The lowest BCUT2D eigenvalue weighted by molar-refractivity contribution is 0.0845. The Balaban J connectivity index is 1.73. The number of H-pyrrole nitrogens is 1. The molecule has 1 amide bonds. The molecule has 2 N–H and O–H groups in total. The van der Waals surface area contributed by atoms with Crippen LogP contribution >= 0.6 is 11.6 Å². The highest BCUT2D eigenvalue weighted by Gasteiger charge is 2.20. The minimum atomic E-state index is -0.894. The smallest absolute Gasteiger partial charge is 0.259 e. The van der Waals surface area contributed by atoms with Gasteiger partial charge in [0.1, 0.15) is 11.6 Å². The van der Waals surface area contributed by atoms with Gasteiger partial charge in [-0.2, -0.15) is 5.10 Å². The first-order valence-electron chi connectivity index (χ1n) is 7.13. The normalized spacial score (nSPS) is 15.6. The fraction of sp³-hybridized carbons (Fsp3) is 0.333. The number of benzene rings is 1. The molecule has 3 rings (SSSR count). The number of hydrogen-bond donors (Lipinski definition) is 2. The Bertz CT molecular complexity index is 730. The van der Waals surface area contributed by atoms with E-state index in [4.69, 9.17) is 16.3 Å². The molecule has 0 radical (unpaired) electrons. The Kier molecular flexibility index (Phi) is 4.58. The molecule has 8 heteroatoms. The van der Waals surface area contributed by atoms with Gasteiger partial charge in [0.2, 0.25) is 0 Å². The lowest BCUT2D eigenvalue weighted by atomic mass is 9.97. The number of nitrogens with one attached hydrogen (secondary N) is 2. The van der Waals surface area contributed by atoms with Gasteiger partial charge in [-0.1, -0.05) is 11.6 Å². The van der Waals surface area contributed by atoms with E-state index in [2.05, 4.69) is 15.5 Å². The maximum Gasteiger partial charge on any atom is 0.259 e. The van der Waals surface area contributed by atoms with Gasteiger partial charge < -0.3 is 10.1 Å². The molecular formula is C15H14ClF2N3O2. The minimum Gasteiger partial charge on any atom is -0.381 e. The molecular weight excluding hydrogens is 328 g/mol. The van der Waals surface area contributed by atoms with Crippen LogP contribution in [-0.4, -0.2) is 29.3 Å². The van der Waals surface area contributed by atoms with E-state index in [1.54, 1.807) is 6.07 Å². The number of anilines is 1. The Morgan fingerprint density at radius 2 is 2.00 bits per heavy atom. The molecule has 1 aliphatic heterocycles. The van der Waals surface area contributed by atoms with Crippen molar-refractivity contribution in [2.24, 2.45) is 0 Å². The zero-order valence-corrected chi connectivity index (χ0v) is 12.8. The van der Waals surface area contributed by atoms with Crippen LogP contribution in [0, 0.1) is 11.6 Å². The topological polar surface area (TPSA) is 67.0 Å². The molecule has 0 unspecified atom stereocenters. The fourth-order valence-electron chi connectivity index (χ4n) is 2.50. The van der Waals surface area contributed by atoms with Crippen molar-refractivity contribution in [1.29, 1.82) is 0 Å². The van der Waals surface area contributed by atoms with Crippen LogP contribution in [-0.2, 0) is 4.74 Å². The quantitative estimate of drug-likeness (QED) is 0.840. The predicted molar refractivity (Wildman–Crippen MR) is 80.7 cm³/mol. The predicted octanol–water partition coefficient (Wildman–Crippen LogP) is 3.49. The summed E-state index contributed by atoms with van der Waals surface area (Å²) in [6, 6.07) is 3.22. The monoisotopic (exact) mass is 341 g/mol. The van der Waals surface area contributed by atoms with Crippen molar-refractivity contribution >= 4 is 23.3 Å². The third kappa shape index (κ3) is 3.51. The molecule has 1 fully saturated rings. The number of aromatic amines is 1. The van der Waals surface area contributed by atoms with E-state index in [0.29, 0.717) is 13.2 Å². The SMILES string of the molecule is O=C(Nc1cc(C2CCOCC2)[nH]n1)c1cc(F)c(Cl)cc1F. The Labute approximate surface area is 136 Å².